The van der Waals surface area contributed by atoms with Gasteiger partial charge in [0.2, 0.25) is 0 Å². The molecule has 0 radical (unpaired) electrons. The molecular weight excluding hydrogens is 246 g/mol. The number of rotatable bonds is 4. The molecule has 1 atom stereocenters. The molecule has 3 nitrogen and oxygen atoms in total. The predicted octanol–water partition coefficient (Wildman–Crippen LogP) is 3.89. The molecule has 1 N–H and O–H groups in total. The molecule has 1 aliphatic heterocycles. The van der Waals surface area contributed by atoms with E-state index in [9.17, 15) is 0 Å². The molecule has 1 aliphatic rings. The second-order valence-corrected chi connectivity index (χ2v) is 5.92. The lowest BCUT2D eigenvalue weighted by Crippen LogP contribution is -2.38. The lowest BCUT2D eigenvalue weighted by molar-refractivity contribution is 0.133. The summed E-state index contributed by atoms with van der Waals surface area (Å²) in [4.78, 5) is 10.9. The summed E-state index contributed by atoms with van der Waals surface area (Å²) >= 11 is 0. The Morgan fingerprint density at radius 2 is 2.20 bits per heavy atom. The second kappa shape index (κ2) is 5.96. The molecule has 2 aromatic rings. The van der Waals surface area contributed by atoms with Gasteiger partial charge in [-0.2, -0.15) is 0 Å². The molecule has 20 heavy (non-hydrogen) atoms. The molecule has 1 saturated heterocycles. The van der Waals surface area contributed by atoms with E-state index >= 15 is 0 Å². The molecule has 1 aromatic carbocycles. The largest absolute Gasteiger partial charge is 0.341 e. The Bertz CT molecular complexity index is 573. The van der Waals surface area contributed by atoms with Gasteiger partial charge in [0.05, 0.1) is 17.6 Å². The number of aromatic nitrogens is 2. The van der Waals surface area contributed by atoms with Gasteiger partial charge in [-0.1, -0.05) is 26.3 Å². The number of likely N-dealkylation sites (tertiary alicyclic amines) is 1. The lowest BCUT2D eigenvalue weighted by atomic mass is 10.0. The fraction of sp³-hybridized carbons (Fsp3) is 0.588. The summed E-state index contributed by atoms with van der Waals surface area (Å²) in [5.41, 5.74) is 3.66. The molecule has 0 amide bonds. The van der Waals surface area contributed by atoms with Crippen LogP contribution in [0.2, 0.25) is 0 Å². The Kier molecular flexibility index (Phi) is 4.06. The fourth-order valence-electron chi connectivity index (χ4n) is 3.33. The highest BCUT2D eigenvalue weighted by Crippen LogP contribution is 2.22. The van der Waals surface area contributed by atoms with Gasteiger partial charge in [0.15, 0.2) is 0 Å². The Morgan fingerprint density at radius 1 is 1.30 bits per heavy atom. The first-order valence-electron chi connectivity index (χ1n) is 8.01. The van der Waals surface area contributed by atoms with E-state index in [1.165, 1.54) is 43.3 Å². The van der Waals surface area contributed by atoms with E-state index in [0.717, 1.165) is 30.3 Å². The first kappa shape index (κ1) is 13.6. The third-order valence-corrected chi connectivity index (χ3v) is 4.58. The monoisotopic (exact) mass is 271 g/mol. The van der Waals surface area contributed by atoms with Crippen molar-refractivity contribution in [2.75, 3.05) is 6.54 Å². The number of imidazole rings is 1. The van der Waals surface area contributed by atoms with Gasteiger partial charge in [0.25, 0.3) is 0 Å². The first-order valence-corrected chi connectivity index (χ1v) is 8.01. The molecule has 1 unspecified atom stereocenters. The maximum atomic E-state index is 4.75. The van der Waals surface area contributed by atoms with Crippen LogP contribution in [0, 0.1) is 0 Å². The molecule has 0 spiro atoms. The van der Waals surface area contributed by atoms with E-state index in [2.05, 4.69) is 41.9 Å². The summed E-state index contributed by atoms with van der Waals surface area (Å²) < 4.78 is 0. The summed E-state index contributed by atoms with van der Waals surface area (Å²) in [5, 5.41) is 0. The molecular formula is C17H25N3. The van der Waals surface area contributed by atoms with Crippen LogP contribution in [0.1, 0.15) is 50.9 Å². The Labute approximate surface area is 121 Å². The van der Waals surface area contributed by atoms with Gasteiger partial charge in [-0.3, -0.25) is 4.90 Å². The third kappa shape index (κ3) is 2.73. The second-order valence-electron chi connectivity index (χ2n) is 5.92. The first-order chi connectivity index (χ1) is 9.80. The summed E-state index contributed by atoms with van der Waals surface area (Å²) in [5.74, 6) is 1.12. The van der Waals surface area contributed by atoms with Crippen LogP contribution in [0.3, 0.4) is 0 Å². The van der Waals surface area contributed by atoms with Crippen molar-refractivity contribution >= 4 is 11.0 Å². The van der Waals surface area contributed by atoms with E-state index in [4.69, 9.17) is 4.98 Å². The highest BCUT2D eigenvalue weighted by atomic mass is 15.2. The van der Waals surface area contributed by atoms with Crippen LogP contribution in [0.15, 0.2) is 18.2 Å². The van der Waals surface area contributed by atoms with Crippen LogP contribution >= 0.6 is 0 Å². The number of aromatic amines is 1. The number of hydrogen-bond donors (Lipinski definition) is 1. The van der Waals surface area contributed by atoms with E-state index in [1.807, 2.05) is 0 Å². The van der Waals surface area contributed by atoms with Crippen molar-refractivity contribution in [2.45, 2.75) is 58.5 Å². The summed E-state index contributed by atoms with van der Waals surface area (Å²) in [7, 11) is 0. The average molecular weight is 271 g/mol. The molecule has 3 heteroatoms. The molecule has 2 heterocycles. The summed E-state index contributed by atoms with van der Waals surface area (Å²) in [6, 6.07) is 7.30. The molecule has 0 bridgehead atoms. The molecule has 1 aromatic heterocycles. The van der Waals surface area contributed by atoms with Gasteiger partial charge in [-0.25, -0.2) is 4.98 Å². The smallest absolute Gasteiger partial charge is 0.121 e. The normalized spacial score (nSPS) is 20.6. The van der Waals surface area contributed by atoms with Crippen molar-refractivity contribution in [1.29, 1.82) is 0 Å². The molecule has 3 rings (SSSR count). The topological polar surface area (TPSA) is 31.9 Å². The number of nitrogens with zero attached hydrogens (tertiary/aromatic N) is 2. The van der Waals surface area contributed by atoms with Gasteiger partial charge in [0, 0.05) is 6.04 Å². The molecule has 1 fully saturated rings. The van der Waals surface area contributed by atoms with Gasteiger partial charge in [0.1, 0.15) is 5.82 Å². The standard InChI is InChI=1S/C17H25N3/c1-3-13-8-9-15-16(11-13)19-17(18-15)12-20-10-6-5-7-14(20)4-2/h8-9,11,14H,3-7,10,12H2,1-2H3,(H,18,19). The van der Waals surface area contributed by atoms with Crippen molar-refractivity contribution in [3.05, 3.63) is 29.6 Å². The van der Waals surface area contributed by atoms with Crippen LogP contribution in [0.4, 0.5) is 0 Å². The van der Waals surface area contributed by atoms with Crippen LogP contribution in [0.5, 0.6) is 0 Å². The predicted molar refractivity (Wildman–Crippen MR) is 83.8 cm³/mol. The molecule has 0 aliphatic carbocycles. The number of aryl methyl sites for hydroxylation is 1. The Morgan fingerprint density at radius 3 is 3.00 bits per heavy atom. The van der Waals surface area contributed by atoms with Gasteiger partial charge in [-0.15, -0.1) is 0 Å². The highest BCUT2D eigenvalue weighted by molar-refractivity contribution is 5.75. The zero-order chi connectivity index (χ0) is 13.9. The number of fused-ring (bicyclic) bond motifs is 1. The molecule has 108 valence electrons. The van der Waals surface area contributed by atoms with Crippen LogP contribution in [-0.2, 0) is 13.0 Å². The van der Waals surface area contributed by atoms with Crippen molar-refractivity contribution in [3.63, 3.8) is 0 Å². The SMILES string of the molecule is CCc1ccc2nc(CN3CCCCC3CC)[nH]c2c1. The number of benzene rings is 1. The van der Waals surface area contributed by atoms with Crippen LogP contribution < -0.4 is 0 Å². The highest BCUT2D eigenvalue weighted by Gasteiger charge is 2.21. The fourth-order valence-corrected chi connectivity index (χ4v) is 3.33. The van der Waals surface area contributed by atoms with Crippen LogP contribution in [0.25, 0.3) is 11.0 Å². The van der Waals surface area contributed by atoms with Gasteiger partial charge >= 0.3 is 0 Å². The van der Waals surface area contributed by atoms with Crippen molar-refractivity contribution < 1.29 is 0 Å². The van der Waals surface area contributed by atoms with Gasteiger partial charge in [-0.05, 0) is 49.9 Å². The minimum atomic E-state index is 0.739. The van der Waals surface area contributed by atoms with Crippen LogP contribution in [-0.4, -0.2) is 27.5 Å². The Balaban J connectivity index is 1.79. The zero-order valence-corrected chi connectivity index (χ0v) is 12.7. The van der Waals surface area contributed by atoms with E-state index in [0.29, 0.717) is 0 Å². The summed E-state index contributed by atoms with van der Waals surface area (Å²) in [6.07, 6.45) is 6.39. The van der Waals surface area contributed by atoms with E-state index < -0.39 is 0 Å². The Hall–Kier alpha value is -1.35. The number of piperidine rings is 1. The minimum absolute atomic E-state index is 0.739. The van der Waals surface area contributed by atoms with Crippen molar-refractivity contribution in [1.82, 2.24) is 14.9 Å². The number of H-pyrrole nitrogens is 1. The van der Waals surface area contributed by atoms with Crippen molar-refractivity contribution in [3.8, 4) is 0 Å². The quantitative estimate of drug-likeness (QED) is 0.915. The lowest BCUT2D eigenvalue weighted by Gasteiger charge is -2.34. The average Bonchev–Trinajstić information content (AvgIpc) is 2.89. The maximum absolute atomic E-state index is 4.75. The third-order valence-electron chi connectivity index (χ3n) is 4.58. The number of nitrogens with one attached hydrogen (secondary N) is 1. The van der Waals surface area contributed by atoms with Gasteiger partial charge < -0.3 is 4.98 Å². The minimum Gasteiger partial charge on any atom is -0.341 e. The summed E-state index contributed by atoms with van der Waals surface area (Å²) in [6.45, 7) is 6.68. The zero-order valence-electron chi connectivity index (χ0n) is 12.7. The van der Waals surface area contributed by atoms with E-state index in [-0.39, 0.29) is 0 Å². The molecule has 0 saturated carbocycles. The maximum Gasteiger partial charge on any atom is 0.121 e. The number of hydrogen-bond acceptors (Lipinski definition) is 2. The van der Waals surface area contributed by atoms with Crippen molar-refractivity contribution in [2.24, 2.45) is 0 Å². The van der Waals surface area contributed by atoms with E-state index in [1.54, 1.807) is 0 Å².